The normalized spacial score (nSPS) is 10.9. The second-order valence-corrected chi connectivity index (χ2v) is 5.08. The summed E-state index contributed by atoms with van der Waals surface area (Å²) in [5.74, 6) is 0.772. The first-order chi connectivity index (χ1) is 9.20. The minimum Gasteiger partial charge on any atom is -0.383 e. The number of tetrazole rings is 1. The lowest BCUT2D eigenvalue weighted by atomic mass is 10.2. The highest BCUT2D eigenvalue weighted by atomic mass is 79.9. The molecule has 0 aliphatic carbocycles. The van der Waals surface area contributed by atoms with E-state index in [4.69, 9.17) is 4.74 Å². The Morgan fingerprint density at radius 2 is 2.21 bits per heavy atom. The molecule has 0 fully saturated rings. The van der Waals surface area contributed by atoms with Gasteiger partial charge in [0.25, 0.3) is 0 Å². The minimum absolute atomic E-state index is 0.599. The van der Waals surface area contributed by atoms with E-state index < -0.39 is 0 Å². The van der Waals surface area contributed by atoms with Gasteiger partial charge in [-0.05, 0) is 41.1 Å². The molecule has 0 saturated carbocycles. The summed E-state index contributed by atoms with van der Waals surface area (Å²) in [5.41, 5.74) is 2.10. The Morgan fingerprint density at radius 1 is 1.37 bits per heavy atom. The first-order valence-electron chi connectivity index (χ1n) is 5.95. The molecular weight excluding hydrogens is 310 g/mol. The van der Waals surface area contributed by atoms with Gasteiger partial charge in [-0.1, -0.05) is 15.9 Å². The molecule has 6 nitrogen and oxygen atoms in total. The van der Waals surface area contributed by atoms with E-state index >= 15 is 0 Å². The highest BCUT2D eigenvalue weighted by Crippen LogP contribution is 2.18. The molecule has 0 bridgehead atoms. The molecule has 1 aromatic carbocycles. The molecule has 0 spiro atoms. The summed E-state index contributed by atoms with van der Waals surface area (Å²) in [4.78, 5) is 0. The van der Waals surface area contributed by atoms with Gasteiger partial charge < -0.3 is 10.1 Å². The van der Waals surface area contributed by atoms with Crippen molar-refractivity contribution in [2.24, 2.45) is 0 Å². The van der Waals surface area contributed by atoms with Crippen LogP contribution in [0, 0.1) is 6.92 Å². The molecule has 0 unspecified atom stereocenters. The van der Waals surface area contributed by atoms with E-state index in [0.717, 1.165) is 28.1 Å². The summed E-state index contributed by atoms with van der Waals surface area (Å²) in [6.45, 7) is 4.06. The maximum absolute atomic E-state index is 4.98. The fourth-order valence-electron chi connectivity index (χ4n) is 1.73. The van der Waals surface area contributed by atoms with E-state index in [9.17, 15) is 0 Å². The van der Waals surface area contributed by atoms with Crippen LogP contribution < -0.4 is 5.32 Å². The second kappa shape index (κ2) is 6.74. The number of ether oxygens (including phenoxy) is 1. The van der Waals surface area contributed by atoms with Crippen LogP contribution >= 0.6 is 15.9 Å². The van der Waals surface area contributed by atoms with Crippen LogP contribution in [0.3, 0.4) is 0 Å². The van der Waals surface area contributed by atoms with Gasteiger partial charge in [0, 0.05) is 18.1 Å². The molecule has 0 radical (unpaired) electrons. The van der Waals surface area contributed by atoms with Gasteiger partial charge in [-0.15, -0.1) is 5.10 Å². The Bertz CT molecular complexity index is 522. The van der Waals surface area contributed by atoms with Crippen molar-refractivity contribution in [3.8, 4) is 5.69 Å². The fraction of sp³-hybridized carbons (Fsp3) is 0.417. The quantitative estimate of drug-likeness (QED) is 0.815. The highest BCUT2D eigenvalue weighted by molar-refractivity contribution is 9.10. The van der Waals surface area contributed by atoms with E-state index in [0.29, 0.717) is 13.2 Å². The average Bonchev–Trinajstić information content (AvgIpc) is 2.82. The standard InChI is InChI=1S/C12H16BrN5O/c1-9-5-10(13)7-11(6-9)18-12(15-16-17-18)8-14-3-4-19-2/h5-7,14H,3-4,8H2,1-2H3. The van der Waals surface area contributed by atoms with Crippen molar-refractivity contribution < 1.29 is 4.74 Å². The molecule has 0 atom stereocenters. The molecule has 1 N–H and O–H groups in total. The average molecular weight is 326 g/mol. The molecule has 19 heavy (non-hydrogen) atoms. The van der Waals surface area contributed by atoms with Crippen molar-refractivity contribution in [2.75, 3.05) is 20.3 Å². The third kappa shape index (κ3) is 3.82. The van der Waals surface area contributed by atoms with Crippen molar-refractivity contribution in [3.05, 3.63) is 34.1 Å². The molecule has 2 rings (SSSR count). The molecule has 2 aromatic rings. The molecular formula is C12H16BrN5O. The highest BCUT2D eigenvalue weighted by Gasteiger charge is 2.08. The number of nitrogens with one attached hydrogen (secondary N) is 1. The van der Waals surface area contributed by atoms with E-state index in [1.807, 2.05) is 25.1 Å². The van der Waals surface area contributed by atoms with Gasteiger partial charge in [0.15, 0.2) is 5.82 Å². The van der Waals surface area contributed by atoms with Crippen LogP contribution in [0.4, 0.5) is 0 Å². The number of benzene rings is 1. The number of hydrogen-bond donors (Lipinski definition) is 1. The first kappa shape index (κ1) is 14.1. The zero-order valence-corrected chi connectivity index (χ0v) is 12.5. The van der Waals surface area contributed by atoms with Crippen LogP contribution in [0.5, 0.6) is 0 Å². The largest absolute Gasteiger partial charge is 0.383 e. The SMILES string of the molecule is COCCNCc1nnnn1-c1cc(C)cc(Br)c1. The summed E-state index contributed by atoms with van der Waals surface area (Å²) >= 11 is 3.48. The smallest absolute Gasteiger partial charge is 0.170 e. The molecule has 102 valence electrons. The van der Waals surface area contributed by atoms with Gasteiger partial charge in [-0.2, -0.15) is 4.68 Å². The van der Waals surface area contributed by atoms with Crippen molar-refractivity contribution in [1.29, 1.82) is 0 Å². The topological polar surface area (TPSA) is 64.9 Å². The lowest BCUT2D eigenvalue weighted by Crippen LogP contribution is -2.21. The van der Waals surface area contributed by atoms with Gasteiger partial charge in [0.1, 0.15) is 0 Å². The molecule has 0 saturated heterocycles. The molecule has 0 aliphatic rings. The predicted molar refractivity (Wildman–Crippen MR) is 75.2 cm³/mol. The molecule has 0 amide bonds. The van der Waals surface area contributed by atoms with Crippen LogP contribution in [0.1, 0.15) is 11.4 Å². The number of halogens is 1. The number of aryl methyl sites for hydroxylation is 1. The monoisotopic (exact) mass is 325 g/mol. The Hall–Kier alpha value is -1.31. The number of methoxy groups -OCH3 is 1. The third-order valence-electron chi connectivity index (χ3n) is 2.57. The molecule has 1 heterocycles. The van der Waals surface area contributed by atoms with Crippen LogP contribution in [0.15, 0.2) is 22.7 Å². The lowest BCUT2D eigenvalue weighted by molar-refractivity contribution is 0.199. The Morgan fingerprint density at radius 3 is 2.95 bits per heavy atom. The number of nitrogens with zero attached hydrogens (tertiary/aromatic N) is 4. The fourth-order valence-corrected chi connectivity index (χ4v) is 2.33. The van der Waals surface area contributed by atoms with Crippen LogP contribution in [0.25, 0.3) is 5.69 Å². The van der Waals surface area contributed by atoms with Crippen molar-refractivity contribution in [3.63, 3.8) is 0 Å². The maximum atomic E-state index is 4.98. The van der Waals surface area contributed by atoms with Gasteiger partial charge >= 0.3 is 0 Å². The Balaban J connectivity index is 2.14. The lowest BCUT2D eigenvalue weighted by Gasteiger charge is -2.07. The molecule has 7 heteroatoms. The van der Waals surface area contributed by atoms with E-state index in [2.05, 4.69) is 36.8 Å². The van der Waals surface area contributed by atoms with Crippen molar-refractivity contribution in [1.82, 2.24) is 25.5 Å². The zero-order chi connectivity index (χ0) is 13.7. The van der Waals surface area contributed by atoms with Gasteiger partial charge in [-0.3, -0.25) is 0 Å². The summed E-state index contributed by atoms with van der Waals surface area (Å²) < 4.78 is 7.72. The summed E-state index contributed by atoms with van der Waals surface area (Å²) in [6.07, 6.45) is 0. The zero-order valence-electron chi connectivity index (χ0n) is 10.9. The van der Waals surface area contributed by atoms with Crippen LogP contribution in [-0.2, 0) is 11.3 Å². The maximum Gasteiger partial charge on any atom is 0.170 e. The van der Waals surface area contributed by atoms with Crippen LogP contribution in [0.2, 0.25) is 0 Å². The Kier molecular flexibility index (Phi) is 5.00. The first-order valence-corrected chi connectivity index (χ1v) is 6.74. The van der Waals surface area contributed by atoms with E-state index in [1.54, 1.807) is 11.8 Å². The van der Waals surface area contributed by atoms with Crippen molar-refractivity contribution in [2.45, 2.75) is 13.5 Å². The van der Waals surface area contributed by atoms with Gasteiger partial charge in [0.2, 0.25) is 0 Å². The minimum atomic E-state index is 0.599. The molecule has 1 aromatic heterocycles. The molecule has 0 aliphatic heterocycles. The van der Waals surface area contributed by atoms with Gasteiger partial charge in [0.05, 0.1) is 18.8 Å². The third-order valence-corrected chi connectivity index (χ3v) is 3.03. The number of rotatable bonds is 6. The predicted octanol–water partition coefficient (Wildman–Crippen LogP) is 1.47. The summed E-state index contributed by atoms with van der Waals surface area (Å²) in [5, 5.41) is 15.0. The Labute approximate surface area is 120 Å². The van der Waals surface area contributed by atoms with E-state index in [-0.39, 0.29) is 0 Å². The van der Waals surface area contributed by atoms with Crippen molar-refractivity contribution >= 4 is 15.9 Å². The second-order valence-electron chi connectivity index (χ2n) is 4.16. The van der Waals surface area contributed by atoms with Crippen LogP contribution in [-0.4, -0.2) is 40.5 Å². The van der Waals surface area contributed by atoms with Gasteiger partial charge in [-0.25, -0.2) is 0 Å². The summed E-state index contributed by atoms with van der Waals surface area (Å²) in [6, 6.07) is 6.08. The van der Waals surface area contributed by atoms with E-state index in [1.165, 1.54) is 0 Å². The number of hydrogen-bond acceptors (Lipinski definition) is 5. The number of aromatic nitrogens is 4. The summed E-state index contributed by atoms with van der Waals surface area (Å²) in [7, 11) is 1.68.